The van der Waals surface area contributed by atoms with Gasteiger partial charge in [-0.2, -0.15) is 0 Å². The number of anilines is 2. The van der Waals surface area contributed by atoms with E-state index in [1.54, 1.807) is 62.4 Å². The summed E-state index contributed by atoms with van der Waals surface area (Å²) in [5, 5.41) is 27.7. The van der Waals surface area contributed by atoms with Crippen LogP contribution < -0.4 is 20.7 Å². The first kappa shape index (κ1) is 44.9. The molecule has 318 valence electrons. The van der Waals surface area contributed by atoms with Gasteiger partial charge in [0.15, 0.2) is 5.72 Å². The molecule has 0 unspecified atom stereocenters. The number of nitrogens with zero attached hydrogens (tertiary/aromatic N) is 3. The summed E-state index contributed by atoms with van der Waals surface area (Å²) in [7, 11) is 5.80. The highest BCUT2D eigenvalue weighted by molar-refractivity contribution is 6.35. The molecular formula is C43H54ClN5O10. The van der Waals surface area contributed by atoms with Crippen LogP contribution >= 0.6 is 11.6 Å². The Morgan fingerprint density at radius 3 is 2.53 bits per heavy atom. The van der Waals surface area contributed by atoms with Gasteiger partial charge >= 0.3 is 12.1 Å². The summed E-state index contributed by atoms with van der Waals surface area (Å²) in [4.78, 5) is 61.9. The standard InChI is InChI=1S/C43H54ClN5O10/c1-23-11-10-12-35(57-9)43(55)22-34(58-41(53)47-43)24(2)25(3)42(5,54)36(21-37(50)49(7)32-18-27(17-23)19-33(56-8)38(32)44)59-40(52)26(4)48(6)39(51)31-15-13-28-20-29(45)14-16-30(28)46-31/h10-16,18-20,24-26,34-36,54-55H,17,21-22,45H2,1-9H3,(H,47,53)/b12-10+,23-11+/t24-,25-,26-,34-,35+,36-,42+,43-/m0/s1. The second kappa shape index (κ2) is 18.0. The van der Waals surface area contributed by atoms with Crippen LogP contribution in [0.3, 0.4) is 0 Å². The fourth-order valence-corrected chi connectivity index (χ4v) is 7.77. The molecule has 1 aromatic heterocycles. The second-order valence-electron chi connectivity index (χ2n) is 15.8. The summed E-state index contributed by atoms with van der Waals surface area (Å²) in [5.74, 6) is -3.26. The number of hydrogen-bond acceptors (Lipinski definition) is 12. The number of nitrogens with one attached hydrogen (secondary N) is 1. The largest absolute Gasteiger partial charge is 0.495 e. The Hall–Kier alpha value is -5.22. The number of aliphatic hydroxyl groups is 2. The number of carbonyl (C=O) groups excluding carboxylic acids is 4. The van der Waals surface area contributed by atoms with Gasteiger partial charge in [0.1, 0.15) is 46.4 Å². The van der Waals surface area contributed by atoms with Crippen LogP contribution in [-0.2, 0) is 30.2 Å². The molecule has 4 bridgehead atoms. The van der Waals surface area contributed by atoms with Crippen molar-refractivity contribution in [2.24, 2.45) is 11.8 Å². The van der Waals surface area contributed by atoms with E-state index in [9.17, 15) is 29.4 Å². The summed E-state index contributed by atoms with van der Waals surface area (Å²) in [6, 6.07) is 10.6. The maximum atomic E-state index is 14.3. The molecular weight excluding hydrogens is 782 g/mol. The zero-order valence-corrected chi connectivity index (χ0v) is 35.6. The van der Waals surface area contributed by atoms with Gasteiger partial charge < -0.3 is 44.7 Å². The summed E-state index contributed by atoms with van der Waals surface area (Å²) in [6.45, 7) is 8.18. The molecule has 3 aromatic rings. The molecule has 0 radical (unpaired) electrons. The van der Waals surface area contributed by atoms with E-state index < -0.39 is 77.8 Å². The van der Waals surface area contributed by atoms with E-state index in [0.29, 0.717) is 29.1 Å². The highest BCUT2D eigenvalue weighted by Crippen LogP contribution is 2.40. The van der Waals surface area contributed by atoms with Crippen molar-refractivity contribution in [3.63, 3.8) is 0 Å². The van der Waals surface area contributed by atoms with Crippen molar-refractivity contribution in [2.75, 3.05) is 38.9 Å². The van der Waals surface area contributed by atoms with Gasteiger partial charge in [0.05, 0.1) is 24.7 Å². The van der Waals surface area contributed by atoms with E-state index in [0.717, 1.165) is 21.4 Å². The van der Waals surface area contributed by atoms with Gasteiger partial charge in [0, 0.05) is 38.7 Å². The quantitative estimate of drug-likeness (QED) is 0.187. The van der Waals surface area contributed by atoms with Gasteiger partial charge in [-0.25, -0.2) is 14.6 Å². The first-order valence-corrected chi connectivity index (χ1v) is 19.7. The van der Waals surface area contributed by atoms with Crippen molar-refractivity contribution >= 4 is 57.8 Å². The number of likely N-dealkylation sites (N-methyl/N-ethyl adjacent to an activating group) is 1. The van der Waals surface area contributed by atoms with Crippen LogP contribution in [0.2, 0.25) is 5.02 Å². The third kappa shape index (κ3) is 9.65. The van der Waals surface area contributed by atoms with Crippen LogP contribution in [0.5, 0.6) is 5.75 Å². The molecule has 0 aliphatic carbocycles. The number of ether oxygens (including phenoxy) is 4. The highest BCUT2D eigenvalue weighted by Gasteiger charge is 2.51. The number of nitrogen functional groups attached to an aromatic ring is 1. The number of nitrogens with two attached hydrogens (primary N) is 1. The Morgan fingerprint density at radius 1 is 1.14 bits per heavy atom. The number of benzene rings is 2. The summed E-state index contributed by atoms with van der Waals surface area (Å²) in [5.41, 5.74) is 5.13. The van der Waals surface area contributed by atoms with Gasteiger partial charge in [-0.05, 0) is 81.0 Å². The third-order valence-corrected chi connectivity index (χ3v) is 12.1. The van der Waals surface area contributed by atoms with E-state index in [1.165, 1.54) is 53.1 Å². The molecule has 2 aliphatic rings. The molecule has 3 amide bonds. The lowest BCUT2D eigenvalue weighted by Gasteiger charge is -2.46. The number of aromatic nitrogens is 1. The number of pyridine rings is 1. The molecule has 5 N–H and O–H groups in total. The minimum atomic E-state index is -1.97. The summed E-state index contributed by atoms with van der Waals surface area (Å²) in [6.07, 6.45) is 0.546. The molecule has 5 rings (SSSR count). The fourth-order valence-electron chi connectivity index (χ4n) is 7.45. The molecule has 0 spiro atoms. The Balaban J connectivity index is 1.53. The van der Waals surface area contributed by atoms with Crippen molar-refractivity contribution in [2.45, 2.75) is 89.6 Å². The van der Waals surface area contributed by atoms with Crippen LogP contribution in [0.15, 0.2) is 66.3 Å². The van der Waals surface area contributed by atoms with Gasteiger partial charge in [-0.15, -0.1) is 0 Å². The molecule has 1 saturated heterocycles. The number of fused-ring (bicyclic) bond motifs is 5. The van der Waals surface area contributed by atoms with Gasteiger partial charge in [-0.1, -0.05) is 55.3 Å². The number of hydrogen-bond donors (Lipinski definition) is 4. The van der Waals surface area contributed by atoms with E-state index in [2.05, 4.69) is 10.3 Å². The molecule has 2 aromatic carbocycles. The number of carbonyl (C=O) groups is 4. The molecule has 1 fully saturated rings. The molecule has 8 atom stereocenters. The monoisotopic (exact) mass is 835 g/mol. The summed E-state index contributed by atoms with van der Waals surface area (Å²) >= 11 is 6.78. The lowest BCUT2D eigenvalue weighted by Crippen LogP contribution is -2.64. The van der Waals surface area contributed by atoms with E-state index >= 15 is 0 Å². The molecule has 59 heavy (non-hydrogen) atoms. The number of allylic oxidation sites excluding steroid dienone is 3. The van der Waals surface area contributed by atoms with Crippen LogP contribution in [0.4, 0.5) is 16.2 Å². The Labute approximate surface area is 349 Å². The Kier molecular flexibility index (Phi) is 13.7. The van der Waals surface area contributed by atoms with E-state index in [1.807, 2.05) is 13.0 Å². The predicted octanol–water partition coefficient (Wildman–Crippen LogP) is 5.19. The van der Waals surface area contributed by atoms with Crippen LogP contribution in [-0.4, -0.2) is 108 Å². The number of halogens is 1. The number of alkyl carbamates (subject to hydrolysis) is 1. The maximum absolute atomic E-state index is 14.3. The third-order valence-electron chi connectivity index (χ3n) is 11.7. The van der Waals surface area contributed by atoms with Crippen LogP contribution in [0, 0.1) is 11.8 Å². The Bertz CT molecular complexity index is 2160. The second-order valence-corrected chi connectivity index (χ2v) is 16.1. The van der Waals surface area contributed by atoms with E-state index in [-0.39, 0.29) is 17.1 Å². The van der Waals surface area contributed by atoms with Gasteiger partial charge in [0.25, 0.3) is 5.91 Å². The summed E-state index contributed by atoms with van der Waals surface area (Å²) < 4.78 is 22.9. The zero-order valence-electron chi connectivity index (χ0n) is 34.8. The van der Waals surface area contributed by atoms with Crippen molar-refractivity contribution in [3.8, 4) is 5.75 Å². The van der Waals surface area contributed by atoms with E-state index in [4.69, 9.17) is 36.3 Å². The molecule has 0 saturated carbocycles. The molecule has 2 aliphatic heterocycles. The zero-order chi connectivity index (χ0) is 43.6. The van der Waals surface area contributed by atoms with Crippen LogP contribution in [0.25, 0.3) is 10.9 Å². The van der Waals surface area contributed by atoms with Gasteiger partial charge in [0.2, 0.25) is 5.91 Å². The van der Waals surface area contributed by atoms with Crippen molar-refractivity contribution in [3.05, 3.63) is 82.5 Å². The minimum absolute atomic E-state index is 0.0745. The first-order valence-electron chi connectivity index (χ1n) is 19.3. The topological polar surface area (TPSA) is 203 Å². The number of rotatable bonds is 6. The fraction of sp³-hybridized carbons (Fsp3) is 0.465. The molecule has 16 heteroatoms. The number of esters is 1. The lowest BCUT2D eigenvalue weighted by molar-refractivity contribution is -0.185. The lowest BCUT2D eigenvalue weighted by atomic mass is 9.73. The average Bonchev–Trinajstić information content (AvgIpc) is 3.19. The normalized spacial score (nSPS) is 28.7. The SMILES string of the molecule is COc1cc2cc(c1Cl)N(C)C(=O)C[C@H](OC(=O)[C@H](C)N(C)C(=O)c1ccc3cc(N)ccc3n1)[C@](C)(O)[C@@H](C)[C@H](C)[C@@H]1C[C@@](O)(NC(=O)O1)[C@H](OC)/C=C/C=C(\C)C2. The van der Waals surface area contributed by atoms with Crippen molar-refractivity contribution in [1.82, 2.24) is 15.2 Å². The van der Waals surface area contributed by atoms with Crippen molar-refractivity contribution in [1.29, 1.82) is 0 Å². The van der Waals surface area contributed by atoms with Crippen molar-refractivity contribution < 1.29 is 48.3 Å². The average molecular weight is 836 g/mol. The molecule has 15 nitrogen and oxygen atoms in total. The number of methoxy groups -OCH3 is 2. The minimum Gasteiger partial charge on any atom is -0.495 e. The smallest absolute Gasteiger partial charge is 0.409 e. The Morgan fingerprint density at radius 2 is 1.85 bits per heavy atom. The van der Waals surface area contributed by atoms with Gasteiger partial charge in [-0.3, -0.25) is 14.9 Å². The van der Waals surface area contributed by atoms with Crippen LogP contribution in [0.1, 0.15) is 63.5 Å². The molecule has 3 heterocycles. The predicted molar refractivity (Wildman–Crippen MR) is 223 cm³/mol. The number of amides is 3. The maximum Gasteiger partial charge on any atom is 0.409 e. The highest BCUT2D eigenvalue weighted by atomic mass is 35.5. The first-order chi connectivity index (χ1) is 27.7.